The van der Waals surface area contributed by atoms with Crippen LogP contribution >= 0.6 is 0 Å². The van der Waals surface area contributed by atoms with Gasteiger partial charge in [0.2, 0.25) is 5.91 Å². The van der Waals surface area contributed by atoms with Gasteiger partial charge in [0.05, 0.1) is 11.7 Å². The summed E-state index contributed by atoms with van der Waals surface area (Å²) in [7, 11) is 0. The van der Waals surface area contributed by atoms with E-state index in [0.29, 0.717) is 18.7 Å². The van der Waals surface area contributed by atoms with Gasteiger partial charge in [-0.1, -0.05) is 19.8 Å². The number of aryl methyl sites for hydroxylation is 1. The number of hydrogen-bond donors (Lipinski definition) is 2. The molecule has 0 aliphatic rings. The first-order valence-corrected chi connectivity index (χ1v) is 6.35. The van der Waals surface area contributed by atoms with Crippen LogP contribution in [0.2, 0.25) is 0 Å². The summed E-state index contributed by atoms with van der Waals surface area (Å²) in [4.78, 5) is 23.2. The molecule has 0 aromatic carbocycles. The van der Waals surface area contributed by atoms with Crippen molar-refractivity contribution in [3.05, 3.63) is 28.7 Å². The molecule has 0 radical (unpaired) electrons. The maximum atomic E-state index is 11.8. The van der Waals surface area contributed by atoms with Crippen molar-refractivity contribution in [2.24, 2.45) is 5.73 Å². The summed E-state index contributed by atoms with van der Waals surface area (Å²) < 4.78 is 1.53. The third-order valence-corrected chi connectivity index (χ3v) is 2.80. The quantitative estimate of drug-likeness (QED) is 0.800. The fraction of sp³-hybridized carbons (Fsp3) is 0.538. The van der Waals surface area contributed by atoms with Crippen LogP contribution in [-0.2, 0) is 11.3 Å². The zero-order valence-corrected chi connectivity index (χ0v) is 11.0. The highest BCUT2D eigenvalue weighted by atomic mass is 16.2. The van der Waals surface area contributed by atoms with Crippen LogP contribution in [0.1, 0.15) is 33.1 Å². The lowest BCUT2D eigenvalue weighted by Gasteiger charge is -2.12. The van der Waals surface area contributed by atoms with E-state index in [1.165, 1.54) is 10.6 Å². The fourth-order valence-electron chi connectivity index (χ4n) is 1.64. The van der Waals surface area contributed by atoms with Gasteiger partial charge in [0.25, 0.3) is 5.56 Å². The van der Waals surface area contributed by atoms with E-state index in [4.69, 9.17) is 5.73 Å². The predicted molar refractivity (Wildman–Crippen MR) is 72.5 cm³/mol. The minimum Gasteiger partial charge on any atom is -0.323 e. The van der Waals surface area contributed by atoms with E-state index in [9.17, 15) is 9.59 Å². The summed E-state index contributed by atoms with van der Waals surface area (Å²) in [6.45, 7) is 4.51. The van der Waals surface area contributed by atoms with Crippen LogP contribution < -0.4 is 16.6 Å². The molecule has 1 heterocycles. The summed E-state index contributed by atoms with van der Waals surface area (Å²) in [6, 6.07) is 2.54. The first kappa shape index (κ1) is 14.4. The SMILES string of the molecule is CCCCC(N)C(=O)Nc1ccc(=O)n(CC)c1. The van der Waals surface area contributed by atoms with E-state index in [1.807, 2.05) is 6.92 Å². The number of rotatable bonds is 6. The molecule has 5 heteroatoms. The van der Waals surface area contributed by atoms with Crippen LogP contribution in [0.4, 0.5) is 5.69 Å². The first-order chi connectivity index (χ1) is 8.58. The van der Waals surface area contributed by atoms with Crippen molar-refractivity contribution in [1.29, 1.82) is 0 Å². The van der Waals surface area contributed by atoms with Gasteiger partial charge in [-0.3, -0.25) is 9.59 Å². The molecular formula is C13H21N3O2. The van der Waals surface area contributed by atoms with Crippen molar-refractivity contribution >= 4 is 11.6 Å². The Bertz CT molecular complexity index is 454. The molecule has 1 aromatic rings. The Kier molecular flexibility index (Phi) is 5.58. The van der Waals surface area contributed by atoms with Gasteiger partial charge in [-0.2, -0.15) is 0 Å². The summed E-state index contributed by atoms with van der Waals surface area (Å²) in [5.41, 5.74) is 6.30. The molecule has 0 spiro atoms. The Morgan fingerprint density at radius 1 is 1.44 bits per heavy atom. The number of hydrogen-bond acceptors (Lipinski definition) is 3. The van der Waals surface area contributed by atoms with E-state index < -0.39 is 6.04 Å². The molecule has 1 unspecified atom stereocenters. The molecule has 1 amide bonds. The highest BCUT2D eigenvalue weighted by molar-refractivity contribution is 5.94. The van der Waals surface area contributed by atoms with Gasteiger partial charge in [-0.25, -0.2) is 0 Å². The van der Waals surface area contributed by atoms with Crippen molar-refractivity contribution < 1.29 is 4.79 Å². The molecule has 18 heavy (non-hydrogen) atoms. The Morgan fingerprint density at radius 2 is 2.17 bits per heavy atom. The Balaban J connectivity index is 2.67. The number of amides is 1. The molecule has 0 saturated carbocycles. The van der Waals surface area contributed by atoms with Crippen LogP contribution in [0, 0.1) is 0 Å². The van der Waals surface area contributed by atoms with E-state index in [0.717, 1.165) is 12.8 Å². The number of nitrogens with zero attached hydrogens (tertiary/aromatic N) is 1. The van der Waals surface area contributed by atoms with Gasteiger partial charge in [-0.05, 0) is 19.4 Å². The van der Waals surface area contributed by atoms with Gasteiger partial charge in [-0.15, -0.1) is 0 Å². The first-order valence-electron chi connectivity index (χ1n) is 6.35. The lowest BCUT2D eigenvalue weighted by Crippen LogP contribution is -2.35. The van der Waals surface area contributed by atoms with Crippen molar-refractivity contribution in [2.45, 2.75) is 45.7 Å². The largest absolute Gasteiger partial charge is 0.323 e. The number of nitrogens with two attached hydrogens (primary N) is 1. The van der Waals surface area contributed by atoms with Crippen LogP contribution in [0.25, 0.3) is 0 Å². The van der Waals surface area contributed by atoms with Crippen LogP contribution in [0.3, 0.4) is 0 Å². The molecule has 100 valence electrons. The Hall–Kier alpha value is -1.62. The molecule has 0 aliphatic carbocycles. The van der Waals surface area contributed by atoms with Crippen molar-refractivity contribution in [1.82, 2.24) is 4.57 Å². The molecular weight excluding hydrogens is 230 g/mol. The van der Waals surface area contributed by atoms with Crippen molar-refractivity contribution in [2.75, 3.05) is 5.32 Å². The predicted octanol–water partition coefficient (Wildman–Crippen LogP) is 1.32. The lowest BCUT2D eigenvalue weighted by molar-refractivity contribution is -0.117. The van der Waals surface area contributed by atoms with E-state index in [2.05, 4.69) is 12.2 Å². The maximum Gasteiger partial charge on any atom is 0.250 e. The third-order valence-electron chi connectivity index (χ3n) is 2.80. The second kappa shape index (κ2) is 6.96. The van der Waals surface area contributed by atoms with Gasteiger partial charge in [0.15, 0.2) is 0 Å². The summed E-state index contributed by atoms with van der Waals surface area (Å²) in [6.07, 6.45) is 4.26. The summed E-state index contributed by atoms with van der Waals surface area (Å²) in [5.74, 6) is -0.204. The van der Waals surface area contributed by atoms with Crippen molar-refractivity contribution in [3.8, 4) is 0 Å². The van der Waals surface area contributed by atoms with Crippen LogP contribution in [-0.4, -0.2) is 16.5 Å². The molecule has 3 N–H and O–H groups in total. The number of anilines is 1. The summed E-state index contributed by atoms with van der Waals surface area (Å²) >= 11 is 0. The molecule has 5 nitrogen and oxygen atoms in total. The van der Waals surface area contributed by atoms with Crippen LogP contribution in [0.15, 0.2) is 23.1 Å². The number of pyridine rings is 1. The smallest absolute Gasteiger partial charge is 0.250 e. The van der Waals surface area contributed by atoms with Gasteiger partial charge in [0.1, 0.15) is 0 Å². The van der Waals surface area contributed by atoms with E-state index in [-0.39, 0.29) is 11.5 Å². The summed E-state index contributed by atoms with van der Waals surface area (Å²) in [5, 5.41) is 2.73. The number of unbranched alkanes of at least 4 members (excludes halogenated alkanes) is 1. The van der Waals surface area contributed by atoms with Gasteiger partial charge >= 0.3 is 0 Å². The zero-order chi connectivity index (χ0) is 13.5. The standard InChI is InChI=1S/C13H21N3O2/c1-3-5-6-11(14)13(18)15-10-7-8-12(17)16(4-2)9-10/h7-9,11H,3-6,14H2,1-2H3,(H,15,18). The normalized spacial score (nSPS) is 12.2. The molecule has 0 bridgehead atoms. The monoisotopic (exact) mass is 251 g/mol. The molecule has 1 aromatic heterocycles. The van der Waals surface area contributed by atoms with Crippen LogP contribution in [0.5, 0.6) is 0 Å². The molecule has 1 rings (SSSR count). The fourth-order valence-corrected chi connectivity index (χ4v) is 1.64. The van der Waals surface area contributed by atoms with Crippen molar-refractivity contribution in [3.63, 3.8) is 0 Å². The average molecular weight is 251 g/mol. The molecule has 0 saturated heterocycles. The second-order valence-electron chi connectivity index (χ2n) is 4.28. The minimum absolute atomic E-state index is 0.0780. The van der Waals surface area contributed by atoms with E-state index >= 15 is 0 Å². The topological polar surface area (TPSA) is 77.1 Å². The average Bonchev–Trinajstić information content (AvgIpc) is 2.37. The highest BCUT2D eigenvalue weighted by Gasteiger charge is 2.12. The minimum atomic E-state index is -0.494. The number of nitrogens with one attached hydrogen (secondary N) is 1. The molecule has 1 atom stereocenters. The number of aromatic nitrogens is 1. The second-order valence-corrected chi connectivity index (χ2v) is 4.28. The Labute approximate surface area is 107 Å². The number of carbonyl (C=O) groups is 1. The highest BCUT2D eigenvalue weighted by Crippen LogP contribution is 2.06. The third kappa shape index (κ3) is 4.00. The van der Waals surface area contributed by atoms with Gasteiger partial charge < -0.3 is 15.6 Å². The zero-order valence-electron chi connectivity index (χ0n) is 11.0. The molecule has 0 aliphatic heterocycles. The maximum absolute atomic E-state index is 11.8. The number of carbonyl (C=O) groups excluding carboxylic acids is 1. The molecule has 0 fully saturated rings. The Morgan fingerprint density at radius 3 is 2.78 bits per heavy atom. The van der Waals surface area contributed by atoms with Gasteiger partial charge in [0, 0.05) is 18.8 Å². The lowest BCUT2D eigenvalue weighted by atomic mass is 10.1. The van der Waals surface area contributed by atoms with E-state index in [1.54, 1.807) is 12.3 Å².